The van der Waals surface area contributed by atoms with E-state index in [-0.39, 0.29) is 30.1 Å². The van der Waals surface area contributed by atoms with Gasteiger partial charge in [0.2, 0.25) is 6.79 Å². The molecule has 1 aliphatic heterocycles. The number of nitrogens with one attached hydrogen (secondary N) is 1. The van der Waals surface area contributed by atoms with Gasteiger partial charge in [-0.05, 0) is 53.7 Å². The molecule has 0 spiro atoms. The Hall–Kier alpha value is -2.10. The van der Waals surface area contributed by atoms with E-state index in [9.17, 15) is 18.3 Å². The maximum atomic E-state index is 12.3. The molecule has 1 aliphatic rings. The Morgan fingerprint density at radius 2 is 1.85 bits per heavy atom. The van der Waals surface area contributed by atoms with Crippen molar-refractivity contribution >= 4 is 11.8 Å². The first-order chi connectivity index (χ1) is 12.9. The van der Waals surface area contributed by atoms with E-state index in [1.165, 1.54) is 24.3 Å². The van der Waals surface area contributed by atoms with E-state index in [2.05, 4.69) is 5.32 Å². The third kappa shape index (κ3) is 6.23. The number of fused-ring (bicyclic) bond motifs is 1. The molecule has 1 unspecified atom stereocenters. The Balaban J connectivity index is 1.37. The van der Waals surface area contributed by atoms with Gasteiger partial charge < -0.3 is 24.6 Å². The van der Waals surface area contributed by atoms with Gasteiger partial charge in [-0.3, -0.25) is 0 Å². The molecule has 0 fully saturated rings. The van der Waals surface area contributed by atoms with E-state index < -0.39 is 11.6 Å². The van der Waals surface area contributed by atoms with E-state index in [1.54, 1.807) is 0 Å². The third-order valence-electron chi connectivity index (χ3n) is 3.65. The van der Waals surface area contributed by atoms with Gasteiger partial charge in [0, 0.05) is 18.0 Å². The fourth-order valence-electron chi connectivity index (χ4n) is 2.42. The maximum absolute atomic E-state index is 12.3. The second kappa shape index (κ2) is 8.73. The lowest BCUT2D eigenvalue weighted by atomic mass is 10.2. The molecule has 0 saturated carbocycles. The van der Waals surface area contributed by atoms with Crippen LogP contribution in [0.4, 0.5) is 13.2 Å². The van der Waals surface area contributed by atoms with Crippen LogP contribution in [0.15, 0.2) is 47.4 Å². The van der Waals surface area contributed by atoms with Crippen LogP contribution in [0, 0.1) is 0 Å². The van der Waals surface area contributed by atoms with Crippen molar-refractivity contribution < 1.29 is 32.5 Å². The molecule has 0 radical (unpaired) electrons. The molecule has 2 aromatic rings. The molecule has 0 aromatic heterocycles. The summed E-state index contributed by atoms with van der Waals surface area (Å²) in [5.74, 6) is 1.81. The molecule has 0 bridgehead atoms. The number of hydrogen-bond acceptors (Lipinski definition) is 6. The Morgan fingerprint density at radius 3 is 2.59 bits per heavy atom. The first-order valence-corrected chi connectivity index (χ1v) is 8.96. The van der Waals surface area contributed by atoms with Crippen molar-refractivity contribution in [3.63, 3.8) is 0 Å². The second-order valence-electron chi connectivity index (χ2n) is 5.80. The van der Waals surface area contributed by atoms with E-state index in [4.69, 9.17) is 14.2 Å². The van der Waals surface area contributed by atoms with Crippen molar-refractivity contribution in [2.24, 2.45) is 0 Å². The summed E-state index contributed by atoms with van der Waals surface area (Å²) < 4.78 is 52.8. The Kier molecular flexibility index (Phi) is 6.35. The molecule has 0 aliphatic carbocycles. The Bertz CT molecular complexity index is 755. The Morgan fingerprint density at radius 1 is 1.11 bits per heavy atom. The highest BCUT2D eigenvalue weighted by Gasteiger charge is 2.29. The Labute approximate surface area is 158 Å². The highest BCUT2D eigenvalue weighted by atomic mass is 32.2. The van der Waals surface area contributed by atoms with Gasteiger partial charge in [0.15, 0.2) is 11.5 Å². The molecule has 27 heavy (non-hydrogen) atoms. The first kappa shape index (κ1) is 19.7. The van der Waals surface area contributed by atoms with Gasteiger partial charge in [0.25, 0.3) is 0 Å². The van der Waals surface area contributed by atoms with Crippen molar-refractivity contribution in [2.45, 2.75) is 23.1 Å². The summed E-state index contributed by atoms with van der Waals surface area (Å²) in [7, 11) is 0. The summed E-state index contributed by atoms with van der Waals surface area (Å²) in [6.07, 6.45) is -0.761. The molecule has 2 N–H and O–H groups in total. The van der Waals surface area contributed by atoms with Crippen LogP contribution >= 0.6 is 11.8 Å². The zero-order chi connectivity index (χ0) is 19.3. The molecule has 5 nitrogen and oxygen atoms in total. The minimum absolute atomic E-state index is 0.0277. The summed E-state index contributed by atoms with van der Waals surface area (Å²) in [5.41, 5.74) is -3.33. The van der Waals surface area contributed by atoms with E-state index in [1.807, 2.05) is 18.2 Å². The van der Waals surface area contributed by atoms with Crippen molar-refractivity contribution in [2.75, 3.05) is 19.9 Å². The highest BCUT2D eigenvalue weighted by molar-refractivity contribution is 8.00. The lowest BCUT2D eigenvalue weighted by Crippen LogP contribution is -2.31. The molecule has 1 heterocycles. The van der Waals surface area contributed by atoms with Crippen LogP contribution in [0.25, 0.3) is 0 Å². The monoisotopic (exact) mass is 401 g/mol. The number of benzene rings is 2. The van der Waals surface area contributed by atoms with Crippen LogP contribution in [0.1, 0.15) is 5.56 Å². The van der Waals surface area contributed by atoms with Gasteiger partial charge in [0.1, 0.15) is 18.5 Å². The number of ether oxygens (including phenoxy) is 3. The standard InChI is InChI=1S/C18H18F3NO4S/c19-18(20,21)27-15-4-2-14(3-5-15)24-10-13(23)9-22-8-12-1-6-16-17(7-12)26-11-25-16/h1-7,13,22-23H,8-11H2. The number of rotatable bonds is 8. The van der Waals surface area contributed by atoms with Crippen molar-refractivity contribution in [1.29, 1.82) is 0 Å². The van der Waals surface area contributed by atoms with Gasteiger partial charge in [-0.2, -0.15) is 13.2 Å². The van der Waals surface area contributed by atoms with Gasteiger partial charge in [0.05, 0.1) is 0 Å². The number of aliphatic hydroxyl groups is 1. The van der Waals surface area contributed by atoms with Crippen LogP contribution in [-0.2, 0) is 6.54 Å². The fraction of sp³-hybridized carbons (Fsp3) is 0.333. The normalized spacial score (nSPS) is 14.2. The van der Waals surface area contributed by atoms with E-state index >= 15 is 0 Å². The number of aliphatic hydroxyl groups excluding tert-OH is 1. The predicted molar refractivity (Wildman–Crippen MR) is 94.1 cm³/mol. The molecule has 1 atom stereocenters. The van der Waals surface area contributed by atoms with Crippen molar-refractivity contribution in [3.05, 3.63) is 48.0 Å². The fourth-order valence-corrected chi connectivity index (χ4v) is 2.96. The van der Waals surface area contributed by atoms with Gasteiger partial charge in [-0.15, -0.1) is 0 Å². The predicted octanol–water partition coefficient (Wildman–Crippen LogP) is 3.56. The minimum atomic E-state index is -4.32. The molecule has 0 saturated heterocycles. The third-order valence-corrected chi connectivity index (χ3v) is 4.39. The highest BCUT2D eigenvalue weighted by Crippen LogP contribution is 2.37. The van der Waals surface area contributed by atoms with Crippen molar-refractivity contribution in [1.82, 2.24) is 5.32 Å². The lowest BCUT2D eigenvalue weighted by molar-refractivity contribution is -0.0328. The maximum Gasteiger partial charge on any atom is 0.446 e. The molecular weight excluding hydrogens is 383 g/mol. The van der Waals surface area contributed by atoms with Crippen LogP contribution in [0.2, 0.25) is 0 Å². The molecule has 0 amide bonds. The average molecular weight is 401 g/mol. The summed E-state index contributed by atoms with van der Waals surface area (Å²) in [6, 6.07) is 11.2. The first-order valence-electron chi connectivity index (χ1n) is 8.15. The molecular formula is C18H18F3NO4S. The summed E-state index contributed by atoms with van der Waals surface area (Å²) in [6.45, 7) is 1.09. The summed E-state index contributed by atoms with van der Waals surface area (Å²) in [4.78, 5) is 0.0841. The largest absolute Gasteiger partial charge is 0.491 e. The van der Waals surface area contributed by atoms with Crippen molar-refractivity contribution in [3.8, 4) is 17.2 Å². The van der Waals surface area contributed by atoms with E-state index in [0.717, 1.165) is 5.56 Å². The number of alkyl halides is 3. The molecule has 9 heteroatoms. The second-order valence-corrected chi connectivity index (χ2v) is 6.94. The summed E-state index contributed by atoms with van der Waals surface area (Å²) in [5, 5.41) is 13.1. The number of thioether (sulfide) groups is 1. The molecule has 2 aromatic carbocycles. The van der Waals surface area contributed by atoms with Gasteiger partial charge in [-0.25, -0.2) is 0 Å². The van der Waals surface area contributed by atoms with Crippen LogP contribution in [0.3, 0.4) is 0 Å². The lowest BCUT2D eigenvalue weighted by Gasteiger charge is -2.14. The van der Waals surface area contributed by atoms with Crippen LogP contribution in [-0.4, -0.2) is 36.7 Å². The minimum Gasteiger partial charge on any atom is -0.491 e. The number of halogens is 3. The summed E-state index contributed by atoms with van der Waals surface area (Å²) >= 11 is -0.182. The molecule has 3 rings (SSSR count). The van der Waals surface area contributed by atoms with Crippen LogP contribution < -0.4 is 19.5 Å². The molecule has 146 valence electrons. The zero-order valence-electron chi connectivity index (χ0n) is 14.2. The van der Waals surface area contributed by atoms with Crippen LogP contribution in [0.5, 0.6) is 17.2 Å². The van der Waals surface area contributed by atoms with E-state index in [0.29, 0.717) is 30.3 Å². The van der Waals surface area contributed by atoms with Gasteiger partial charge in [-0.1, -0.05) is 6.07 Å². The average Bonchev–Trinajstić information content (AvgIpc) is 3.07. The topological polar surface area (TPSA) is 60.0 Å². The quantitative estimate of drug-likeness (QED) is 0.660. The SMILES string of the molecule is OC(CNCc1ccc2c(c1)OCO2)COc1ccc(SC(F)(F)F)cc1. The smallest absolute Gasteiger partial charge is 0.446 e. The zero-order valence-corrected chi connectivity index (χ0v) is 15.0. The number of hydrogen-bond donors (Lipinski definition) is 2. The van der Waals surface area contributed by atoms with Gasteiger partial charge >= 0.3 is 5.51 Å².